The minimum atomic E-state index is -0.891. The predicted molar refractivity (Wildman–Crippen MR) is 86.5 cm³/mol. The first-order valence-electron chi connectivity index (χ1n) is 6.50. The van der Waals surface area contributed by atoms with E-state index in [0.29, 0.717) is 10.7 Å². The van der Waals surface area contributed by atoms with Gasteiger partial charge in [0.25, 0.3) is 5.69 Å². The van der Waals surface area contributed by atoms with Gasteiger partial charge >= 0.3 is 11.8 Å². The number of hydrogen-bond donors (Lipinski definition) is 2. The van der Waals surface area contributed by atoms with E-state index >= 15 is 0 Å². The molecular weight excluding hydrogens is 322 g/mol. The van der Waals surface area contributed by atoms with Crippen molar-refractivity contribution in [1.82, 2.24) is 0 Å². The lowest BCUT2D eigenvalue weighted by atomic mass is 10.2. The number of hydrogen-bond acceptors (Lipinski definition) is 4. The van der Waals surface area contributed by atoms with Crippen molar-refractivity contribution in [2.75, 3.05) is 10.6 Å². The van der Waals surface area contributed by atoms with Crippen molar-refractivity contribution in [2.24, 2.45) is 0 Å². The monoisotopic (exact) mass is 333 g/mol. The molecule has 2 N–H and O–H groups in total. The summed E-state index contributed by atoms with van der Waals surface area (Å²) in [5, 5.41) is 15.8. The maximum Gasteiger partial charge on any atom is 0.314 e. The number of non-ortho nitro benzene ring substituents is 1. The van der Waals surface area contributed by atoms with Crippen molar-refractivity contribution in [3.63, 3.8) is 0 Å². The molecule has 0 radical (unpaired) electrons. The number of nitrogens with zero attached hydrogens (tertiary/aromatic N) is 1. The van der Waals surface area contributed by atoms with E-state index in [1.165, 1.54) is 30.3 Å². The number of rotatable bonds is 3. The first kappa shape index (κ1) is 16.4. The van der Waals surface area contributed by atoms with E-state index in [0.717, 1.165) is 5.56 Å². The van der Waals surface area contributed by atoms with Gasteiger partial charge < -0.3 is 10.6 Å². The van der Waals surface area contributed by atoms with Crippen LogP contribution in [0.4, 0.5) is 17.1 Å². The zero-order valence-corrected chi connectivity index (χ0v) is 12.8. The second-order valence-electron chi connectivity index (χ2n) is 4.67. The summed E-state index contributed by atoms with van der Waals surface area (Å²) in [5.74, 6) is -1.76. The van der Waals surface area contributed by atoms with Gasteiger partial charge in [-0.3, -0.25) is 19.7 Å². The molecule has 7 nitrogen and oxygen atoms in total. The summed E-state index contributed by atoms with van der Waals surface area (Å²) in [6, 6.07) is 10.1. The van der Waals surface area contributed by atoms with Gasteiger partial charge in [-0.2, -0.15) is 0 Å². The molecule has 0 aliphatic heterocycles. The largest absolute Gasteiger partial charge is 0.318 e. The fraction of sp³-hybridized carbons (Fsp3) is 0.0667. The number of nitrogens with one attached hydrogen (secondary N) is 2. The lowest BCUT2D eigenvalue weighted by Crippen LogP contribution is -2.29. The zero-order chi connectivity index (χ0) is 17.0. The van der Waals surface area contributed by atoms with Crippen LogP contribution in [0.15, 0.2) is 42.5 Å². The number of anilines is 2. The summed E-state index contributed by atoms with van der Waals surface area (Å²) in [7, 11) is 0. The average Bonchev–Trinajstić information content (AvgIpc) is 2.51. The molecule has 23 heavy (non-hydrogen) atoms. The van der Waals surface area contributed by atoms with Crippen LogP contribution >= 0.6 is 11.6 Å². The maximum atomic E-state index is 11.9. The second kappa shape index (κ2) is 6.89. The number of benzene rings is 2. The number of carbonyl (C=O) groups excluding carboxylic acids is 2. The molecule has 0 saturated carbocycles. The molecule has 0 spiro atoms. The second-order valence-corrected chi connectivity index (χ2v) is 5.11. The minimum Gasteiger partial charge on any atom is -0.318 e. The van der Waals surface area contributed by atoms with E-state index in [-0.39, 0.29) is 11.4 Å². The van der Waals surface area contributed by atoms with Gasteiger partial charge in [-0.25, -0.2) is 0 Å². The zero-order valence-electron chi connectivity index (χ0n) is 12.0. The van der Waals surface area contributed by atoms with Crippen LogP contribution in [0.5, 0.6) is 0 Å². The van der Waals surface area contributed by atoms with E-state index < -0.39 is 16.7 Å². The molecule has 0 aromatic heterocycles. The van der Waals surface area contributed by atoms with Crippen molar-refractivity contribution in [2.45, 2.75) is 6.92 Å². The summed E-state index contributed by atoms with van der Waals surface area (Å²) >= 11 is 5.84. The standard InChI is InChI=1S/C15H12ClN3O4/c1-9-2-3-10(16)8-13(9)18-15(21)14(20)17-11-4-6-12(7-5-11)19(22)23/h2-8H,1H3,(H,17,20)(H,18,21). The van der Waals surface area contributed by atoms with Gasteiger partial charge in [-0.05, 0) is 36.8 Å². The first-order chi connectivity index (χ1) is 10.9. The summed E-state index contributed by atoms with van der Waals surface area (Å²) in [6.07, 6.45) is 0. The van der Waals surface area contributed by atoms with Crippen LogP contribution < -0.4 is 10.6 Å². The van der Waals surface area contributed by atoms with Gasteiger partial charge in [-0.1, -0.05) is 17.7 Å². The van der Waals surface area contributed by atoms with Crippen molar-refractivity contribution in [3.8, 4) is 0 Å². The third-order valence-corrected chi connectivity index (χ3v) is 3.23. The van der Waals surface area contributed by atoms with Crippen LogP contribution in [0.2, 0.25) is 5.02 Å². The van der Waals surface area contributed by atoms with Crippen molar-refractivity contribution >= 4 is 40.5 Å². The first-order valence-corrected chi connectivity index (χ1v) is 6.87. The number of carbonyl (C=O) groups is 2. The van der Waals surface area contributed by atoms with E-state index in [2.05, 4.69) is 10.6 Å². The quantitative estimate of drug-likeness (QED) is 0.511. The van der Waals surface area contributed by atoms with Gasteiger partial charge in [0.1, 0.15) is 0 Å². The van der Waals surface area contributed by atoms with Crippen LogP contribution in [0.25, 0.3) is 0 Å². The van der Waals surface area contributed by atoms with E-state index in [1.807, 2.05) is 0 Å². The highest BCUT2D eigenvalue weighted by Gasteiger charge is 2.15. The molecule has 118 valence electrons. The van der Waals surface area contributed by atoms with Crippen LogP contribution in [0.1, 0.15) is 5.56 Å². The smallest absolute Gasteiger partial charge is 0.314 e. The van der Waals surface area contributed by atoms with Gasteiger partial charge in [-0.15, -0.1) is 0 Å². The Hall–Kier alpha value is -2.93. The highest BCUT2D eigenvalue weighted by molar-refractivity contribution is 6.43. The van der Waals surface area contributed by atoms with Crippen LogP contribution in [-0.4, -0.2) is 16.7 Å². The SMILES string of the molecule is Cc1ccc(Cl)cc1NC(=O)C(=O)Nc1ccc([N+](=O)[O-])cc1. The molecule has 2 rings (SSSR count). The third kappa shape index (κ3) is 4.27. The Kier molecular flexibility index (Phi) is 4.92. The predicted octanol–water partition coefficient (Wildman–Crippen LogP) is 3.13. The highest BCUT2D eigenvalue weighted by atomic mass is 35.5. The van der Waals surface area contributed by atoms with Crippen LogP contribution in [-0.2, 0) is 9.59 Å². The lowest BCUT2D eigenvalue weighted by Gasteiger charge is -2.09. The van der Waals surface area contributed by atoms with E-state index in [1.54, 1.807) is 19.1 Å². The van der Waals surface area contributed by atoms with Gasteiger partial charge in [0.2, 0.25) is 0 Å². The Morgan fingerprint density at radius 1 is 1.04 bits per heavy atom. The molecule has 0 fully saturated rings. The van der Waals surface area contributed by atoms with Crippen molar-refractivity contribution in [1.29, 1.82) is 0 Å². The minimum absolute atomic E-state index is 0.109. The average molecular weight is 334 g/mol. The summed E-state index contributed by atoms with van der Waals surface area (Å²) in [4.78, 5) is 33.7. The van der Waals surface area contributed by atoms with Crippen molar-refractivity contribution in [3.05, 3.63) is 63.2 Å². The molecule has 0 heterocycles. The Labute approximate surface area is 136 Å². The van der Waals surface area contributed by atoms with Crippen LogP contribution in [0, 0.1) is 17.0 Å². The Morgan fingerprint density at radius 2 is 1.65 bits per heavy atom. The lowest BCUT2D eigenvalue weighted by molar-refractivity contribution is -0.384. The number of nitro groups is 1. The van der Waals surface area contributed by atoms with Crippen molar-refractivity contribution < 1.29 is 14.5 Å². The molecule has 0 aliphatic rings. The maximum absolute atomic E-state index is 11.9. The highest BCUT2D eigenvalue weighted by Crippen LogP contribution is 2.20. The van der Waals surface area contributed by atoms with E-state index in [4.69, 9.17) is 11.6 Å². The molecule has 2 aromatic carbocycles. The molecule has 2 aromatic rings. The molecule has 8 heteroatoms. The fourth-order valence-electron chi connectivity index (χ4n) is 1.76. The molecule has 0 aliphatic carbocycles. The molecule has 0 saturated heterocycles. The number of nitro benzene ring substituents is 1. The van der Waals surface area contributed by atoms with Crippen LogP contribution in [0.3, 0.4) is 0 Å². The fourth-order valence-corrected chi connectivity index (χ4v) is 1.93. The Bertz CT molecular complexity index is 775. The normalized spacial score (nSPS) is 10.0. The van der Waals surface area contributed by atoms with Gasteiger partial charge in [0.15, 0.2) is 0 Å². The molecule has 0 bridgehead atoms. The summed E-state index contributed by atoms with van der Waals surface area (Å²) < 4.78 is 0. The third-order valence-electron chi connectivity index (χ3n) is 2.99. The molecule has 0 atom stereocenters. The van der Waals surface area contributed by atoms with Gasteiger partial charge in [0.05, 0.1) is 4.92 Å². The topological polar surface area (TPSA) is 101 Å². The Balaban J connectivity index is 2.03. The number of halogens is 1. The number of aryl methyl sites for hydroxylation is 1. The Morgan fingerprint density at radius 3 is 2.26 bits per heavy atom. The summed E-state index contributed by atoms with van der Waals surface area (Å²) in [5.41, 5.74) is 1.35. The molecular formula is C15H12ClN3O4. The van der Waals surface area contributed by atoms with E-state index in [9.17, 15) is 19.7 Å². The number of amides is 2. The van der Waals surface area contributed by atoms with Gasteiger partial charge in [0, 0.05) is 28.5 Å². The molecule has 0 unspecified atom stereocenters. The summed E-state index contributed by atoms with van der Waals surface area (Å²) in [6.45, 7) is 1.76. The molecule has 2 amide bonds.